The van der Waals surface area contributed by atoms with Crippen molar-refractivity contribution in [2.24, 2.45) is 5.41 Å². The molecule has 0 rings (SSSR count). The van der Waals surface area contributed by atoms with Crippen molar-refractivity contribution < 1.29 is 14.3 Å². The third kappa shape index (κ3) is 10.8. The third-order valence-corrected chi connectivity index (χ3v) is 4.00. The molecule has 0 heterocycles. The van der Waals surface area contributed by atoms with Crippen LogP contribution >= 0.6 is 0 Å². The maximum absolute atomic E-state index is 11.6. The molecule has 142 valence electrons. The normalized spacial score (nSPS) is 13.0. The van der Waals surface area contributed by atoms with Crippen molar-refractivity contribution >= 4 is 5.97 Å². The molecular weight excluding hydrogens is 302 g/mol. The van der Waals surface area contributed by atoms with Crippen LogP contribution in [0.25, 0.3) is 0 Å². The van der Waals surface area contributed by atoms with Crippen molar-refractivity contribution in [1.82, 2.24) is 5.32 Å². The molecule has 0 atom stereocenters. The molecule has 24 heavy (non-hydrogen) atoms. The highest BCUT2D eigenvalue weighted by atomic mass is 16.6. The number of ether oxygens (including phenoxy) is 2. The predicted octanol–water partition coefficient (Wildman–Crippen LogP) is 4.49. The predicted molar refractivity (Wildman–Crippen MR) is 101 cm³/mol. The largest absolute Gasteiger partial charge is 0.456 e. The van der Waals surface area contributed by atoms with Crippen LogP contribution in [0.5, 0.6) is 0 Å². The number of carbonyl (C=O) groups is 1. The highest BCUT2D eigenvalue weighted by molar-refractivity contribution is 5.87. The van der Waals surface area contributed by atoms with E-state index in [2.05, 4.69) is 46.5 Å². The molecule has 0 aromatic rings. The number of esters is 1. The minimum atomic E-state index is -0.553. The van der Waals surface area contributed by atoms with Crippen LogP contribution in [0.2, 0.25) is 0 Å². The summed E-state index contributed by atoms with van der Waals surface area (Å²) in [5.41, 5.74) is -0.0774. The van der Waals surface area contributed by atoms with Crippen LogP contribution in [0.3, 0.4) is 0 Å². The maximum atomic E-state index is 11.6. The number of nitrogens with one attached hydrogen (secondary N) is 1. The molecule has 0 aliphatic rings. The van der Waals surface area contributed by atoms with E-state index in [0.29, 0.717) is 24.0 Å². The second-order valence-electron chi connectivity index (χ2n) is 8.81. The first-order valence-electron chi connectivity index (χ1n) is 9.04. The maximum Gasteiger partial charge on any atom is 0.333 e. The summed E-state index contributed by atoms with van der Waals surface area (Å²) >= 11 is 0. The first-order chi connectivity index (χ1) is 10.8. The molecule has 1 N–H and O–H groups in total. The van der Waals surface area contributed by atoms with Crippen molar-refractivity contribution in [2.75, 3.05) is 19.7 Å². The van der Waals surface area contributed by atoms with Crippen molar-refractivity contribution in [3.8, 4) is 0 Å². The van der Waals surface area contributed by atoms with E-state index in [1.165, 1.54) is 12.8 Å². The molecule has 0 aliphatic carbocycles. The van der Waals surface area contributed by atoms with Crippen LogP contribution in [0.1, 0.15) is 74.7 Å². The van der Waals surface area contributed by atoms with E-state index in [1.54, 1.807) is 6.92 Å². The lowest BCUT2D eigenvalue weighted by atomic mass is 9.88. The lowest BCUT2D eigenvalue weighted by Crippen LogP contribution is -2.42. The summed E-state index contributed by atoms with van der Waals surface area (Å²) in [5, 5.41) is 3.52. The standard InChI is InChI=1S/C20H39NO3/c1-10-11-18(4,5)14-21-15-20(8,9)23-13-12-19(6,7)24-17(22)16(2)3/h21H,2,10-15H2,1,3-9H3. The highest BCUT2D eigenvalue weighted by Crippen LogP contribution is 2.22. The van der Waals surface area contributed by atoms with Gasteiger partial charge < -0.3 is 14.8 Å². The second kappa shape index (κ2) is 9.57. The summed E-state index contributed by atoms with van der Waals surface area (Å²) in [6, 6.07) is 0. The average molecular weight is 342 g/mol. The monoisotopic (exact) mass is 341 g/mol. The van der Waals surface area contributed by atoms with E-state index in [9.17, 15) is 4.79 Å². The van der Waals surface area contributed by atoms with Gasteiger partial charge in [-0.3, -0.25) is 0 Å². The van der Waals surface area contributed by atoms with Gasteiger partial charge in [-0.05, 0) is 46.5 Å². The Morgan fingerprint density at radius 3 is 2.08 bits per heavy atom. The molecular formula is C20H39NO3. The Kier molecular flexibility index (Phi) is 9.22. The Bertz CT molecular complexity index is 411. The Balaban J connectivity index is 4.19. The van der Waals surface area contributed by atoms with E-state index < -0.39 is 5.60 Å². The number of rotatable bonds is 12. The van der Waals surface area contributed by atoms with Gasteiger partial charge in [0.25, 0.3) is 0 Å². The number of hydrogen-bond acceptors (Lipinski definition) is 4. The van der Waals surface area contributed by atoms with Gasteiger partial charge in [-0.2, -0.15) is 0 Å². The van der Waals surface area contributed by atoms with Crippen LogP contribution in [0.15, 0.2) is 12.2 Å². The topological polar surface area (TPSA) is 47.6 Å². The lowest BCUT2D eigenvalue weighted by molar-refractivity contribution is -0.154. The van der Waals surface area contributed by atoms with Gasteiger partial charge in [0.1, 0.15) is 5.60 Å². The molecule has 0 unspecified atom stereocenters. The molecule has 0 aromatic heterocycles. The van der Waals surface area contributed by atoms with E-state index in [1.807, 2.05) is 13.8 Å². The summed E-state index contributed by atoms with van der Waals surface area (Å²) in [6.45, 7) is 22.3. The molecule has 0 saturated heterocycles. The summed E-state index contributed by atoms with van der Waals surface area (Å²) in [7, 11) is 0. The Hall–Kier alpha value is -0.870. The summed E-state index contributed by atoms with van der Waals surface area (Å²) < 4.78 is 11.4. The van der Waals surface area contributed by atoms with Crippen LogP contribution < -0.4 is 5.32 Å². The Morgan fingerprint density at radius 2 is 1.58 bits per heavy atom. The van der Waals surface area contributed by atoms with Gasteiger partial charge >= 0.3 is 5.97 Å². The fourth-order valence-electron chi connectivity index (χ4n) is 2.48. The molecule has 0 aliphatic heterocycles. The zero-order chi connectivity index (χ0) is 19.0. The molecule has 0 radical (unpaired) electrons. The van der Waals surface area contributed by atoms with Crippen molar-refractivity contribution in [1.29, 1.82) is 0 Å². The fraction of sp³-hybridized carbons (Fsp3) is 0.850. The van der Waals surface area contributed by atoms with Gasteiger partial charge in [0.05, 0.1) is 12.2 Å². The van der Waals surface area contributed by atoms with Gasteiger partial charge in [0.15, 0.2) is 0 Å². The minimum Gasteiger partial charge on any atom is -0.456 e. The molecule has 0 amide bonds. The number of carbonyl (C=O) groups excluding carboxylic acids is 1. The third-order valence-electron chi connectivity index (χ3n) is 4.00. The highest BCUT2D eigenvalue weighted by Gasteiger charge is 2.26. The molecule has 0 saturated carbocycles. The SMILES string of the molecule is C=C(C)C(=O)OC(C)(C)CCOC(C)(C)CNCC(C)(C)CCC. The van der Waals surface area contributed by atoms with E-state index in [0.717, 1.165) is 13.1 Å². The quantitative estimate of drug-likeness (QED) is 0.420. The lowest BCUT2D eigenvalue weighted by Gasteiger charge is -2.31. The van der Waals surface area contributed by atoms with E-state index >= 15 is 0 Å². The smallest absolute Gasteiger partial charge is 0.333 e. The van der Waals surface area contributed by atoms with Crippen LogP contribution in [0, 0.1) is 5.41 Å². The summed E-state index contributed by atoms with van der Waals surface area (Å²) in [4.78, 5) is 11.6. The first kappa shape index (κ1) is 23.1. The minimum absolute atomic E-state index is 0.253. The van der Waals surface area contributed by atoms with Gasteiger partial charge in [-0.1, -0.05) is 33.8 Å². The molecule has 0 fully saturated rings. The van der Waals surface area contributed by atoms with Crippen molar-refractivity contribution in [2.45, 2.75) is 85.9 Å². The number of hydrogen-bond donors (Lipinski definition) is 1. The van der Waals surface area contributed by atoms with Crippen LogP contribution in [-0.4, -0.2) is 36.9 Å². The molecule has 4 nitrogen and oxygen atoms in total. The average Bonchev–Trinajstić information content (AvgIpc) is 2.36. The van der Waals surface area contributed by atoms with E-state index in [-0.39, 0.29) is 11.6 Å². The summed E-state index contributed by atoms with van der Waals surface area (Å²) in [5.74, 6) is -0.348. The molecule has 0 aromatic carbocycles. The van der Waals surface area contributed by atoms with Gasteiger partial charge in [0, 0.05) is 25.1 Å². The van der Waals surface area contributed by atoms with E-state index in [4.69, 9.17) is 9.47 Å². The van der Waals surface area contributed by atoms with Crippen LogP contribution in [0.4, 0.5) is 0 Å². The van der Waals surface area contributed by atoms with Gasteiger partial charge in [-0.15, -0.1) is 0 Å². The fourth-order valence-corrected chi connectivity index (χ4v) is 2.48. The van der Waals surface area contributed by atoms with Gasteiger partial charge in [-0.25, -0.2) is 4.79 Å². The van der Waals surface area contributed by atoms with Crippen molar-refractivity contribution in [3.63, 3.8) is 0 Å². The Morgan fingerprint density at radius 1 is 1.00 bits per heavy atom. The molecule has 4 heteroatoms. The first-order valence-corrected chi connectivity index (χ1v) is 9.04. The molecule has 0 bridgehead atoms. The zero-order valence-corrected chi connectivity index (χ0v) is 17.2. The second-order valence-corrected chi connectivity index (χ2v) is 8.81. The molecule has 0 spiro atoms. The Labute approximate surface area is 149 Å². The van der Waals surface area contributed by atoms with Crippen LogP contribution in [-0.2, 0) is 14.3 Å². The summed E-state index contributed by atoms with van der Waals surface area (Å²) in [6.07, 6.45) is 3.06. The van der Waals surface area contributed by atoms with Crippen molar-refractivity contribution in [3.05, 3.63) is 12.2 Å². The van der Waals surface area contributed by atoms with Gasteiger partial charge in [0.2, 0.25) is 0 Å². The zero-order valence-electron chi connectivity index (χ0n) is 17.2.